The van der Waals surface area contributed by atoms with E-state index in [1.165, 1.54) is 257 Å². The summed E-state index contributed by atoms with van der Waals surface area (Å²) in [5.74, 6) is -2.00. The van der Waals surface area contributed by atoms with Crippen LogP contribution in [0.4, 0.5) is 0 Å². The van der Waals surface area contributed by atoms with Gasteiger partial charge in [-0.1, -0.05) is 404 Å². The Bertz CT molecular complexity index is 2200. The summed E-state index contributed by atoms with van der Waals surface area (Å²) in [4.78, 5) is 37.8. The molecule has 2 unspecified atom stereocenters. The maximum atomic E-state index is 13.0. The molecule has 0 saturated heterocycles. The summed E-state index contributed by atoms with van der Waals surface area (Å²) in [6.45, 7) is 4.80. The number of rotatable bonds is 82. The molecule has 0 aromatic rings. The van der Waals surface area contributed by atoms with Crippen molar-refractivity contribution >= 4 is 17.9 Å². The number of quaternary nitrogens is 1. The number of carboxylic acid groups (broad SMARTS) is 1. The van der Waals surface area contributed by atoms with Crippen LogP contribution in [0.2, 0.25) is 0 Å². The first kappa shape index (κ1) is 100. The summed E-state index contributed by atoms with van der Waals surface area (Å²) in [5, 5.41) is 9.79. The number of hydrogen-bond acceptors (Lipinski definition) is 7. The molecule has 105 heavy (non-hydrogen) atoms. The van der Waals surface area contributed by atoms with Crippen molar-refractivity contribution in [2.45, 2.75) is 411 Å². The average molecular weight is 1460 g/mol. The Morgan fingerprint density at radius 2 is 0.543 bits per heavy atom. The van der Waals surface area contributed by atoms with Gasteiger partial charge in [0, 0.05) is 12.8 Å². The molecular weight excluding hydrogens is 1300 g/mol. The van der Waals surface area contributed by atoms with Gasteiger partial charge in [-0.15, -0.1) is 0 Å². The van der Waals surface area contributed by atoms with Crippen molar-refractivity contribution in [3.63, 3.8) is 0 Å². The molecule has 0 aliphatic rings. The Morgan fingerprint density at radius 1 is 0.295 bits per heavy atom. The van der Waals surface area contributed by atoms with E-state index >= 15 is 0 Å². The van der Waals surface area contributed by atoms with Gasteiger partial charge in [0.2, 0.25) is 0 Å². The van der Waals surface area contributed by atoms with Crippen LogP contribution in [0.15, 0.2) is 134 Å². The van der Waals surface area contributed by atoms with E-state index in [0.717, 1.165) is 109 Å². The molecule has 9 nitrogen and oxygen atoms in total. The summed E-state index contributed by atoms with van der Waals surface area (Å²) < 4.78 is 23.1. The second-order valence-corrected chi connectivity index (χ2v) is 30.8. The normalized spacial score (nSPS) is 13.3. The average Bonchev–Trinajstić information content (AvgIpc) is 1.18. The molecule has 0 spiro atoms. The zero-order valence-electron chi connectivity index (χ0n) is 69.4. The van der Waals surface area contributed by atoms with Crippen LogP contribution >= 0.6 is 0 Å². The fourth-order valence-electron chi connectivity index (χ4n) is 12.7. The highest BCUT2D eigenvalue weighted by molar-refractivity contribution is 5.71. The molecule has 2 atom stereocenters. The second-order valence-electron chi connectivity index (χ2n) is 30.8. The van der Waals surface area contributed by atoms with Crippen LogP contribution < -0.4 is 0 Å². The zero-order valence-corrected chi connectivity index (χ0v) is 69.4. The lowest BCUT2D eigenvalue weighted by Gasteiger charge is -2.25. The molecule has 0 bridgehead atoms. The van der Waals surface area contributed by atoms with Crippen LogP contribution in [-0.2, 0) is 33.3 Å². The third-order valence-electron chi connectivity index (χ3n) is 19.4. The summed E-state index contributed by atoms with van der Waals surface area (Å²) >= 11 is 0. The molecule has 0 fully saturated rings. The number of carbonyl (C=O) groups is 3. The first-order valence-electron chi connectivity index (χ1n) is 44.3. The van der Waals surface area contributed by atoms with E-state index in [9.17, 15) is 19.5 Å². The van der Waals surface area contributed by atoms with Crippen molar-refractivity contribution in [1.82, 2.24) is 0 Å². The van der Waals surface area contributed by atoms with Crippen LogP contribution in [0.25, 0.3) is 0 Å². The summed E-state index contributed by atoms with van der Waals surface area (Å²) in [6, 6.07) is 0. The van der Waals surface area contributed by atoms with E-state index in [0.29, 0.717) is 23.9 Å². The molecule has 0 aromatic heterocycles. The van der Waals surface area contributed by atoms with E-state index in [-0.39, 0.29) is 32.2 Å². The highest BCUT2D eigenvalue weighted by Crippen LogP contribution is 2.19. The van der Waals surface area contributed by atoms with E-state index in [2.05, 4.69) is 148 Å². The van der Waals surface area contributed by atoms with Crippen molar-refractivity contribution in [1.29, 1.82) is 0 Å². The van der Waals surface area contributed by atoms with Gasteiger partial charge < -0.3 is 28.5 Å². The quantitative estimate of drug-likeness (QED) is 0.0211. The van der Waals surface area contributed by atoms with Gasteiger partial charge >= 0.3 is 17.9 Å². The predicted octanol–water partition coefficient (Wildman–Crippen LogP) is 29.2. The van der Waals surface area contributed by atoms with E-state index in [4.69, 9.17) is 18.9 Å². The van der Waals surface area contributed by atoms with Gasteiger partial charge in [-0.3, -0.25) is 9.59 Å². The third-order valence-corrected chi connectivity index (χ3v) is 19.4. The number of aliphatic carboxylic acids is 1. The third kappa shape index (κ3) is 86.5. The summed E-state index contributed by atoms with van der Waals surface area (Å²) in [5.41, 5.74) is 0. The number of nitrogens with zero attached hydrogens (tertiary/aromatic N) is 1. The molecule has 604 valence electrons. The van der Waals surface area contributed by atoms with Crippen LogP contribution in [0.5, 0.6) is 0 Å². The number of unbranched alkanes of at least 4 members (excludes halogenated alkanes) is 45. The van der Waals surface area contributed by atoms with Crippen LogP contribution in [-0.4, -0.2) is 87.4 Å². The Morgan fingerprint density at radius 3 is 0.819 bits per heavy atom. The van der Waals surface area contributed by atoms with Gasteiger partial charge in [-0.2, -0.15) is 0 Å². The Kier molecular flexibility index (Phi) is 81.3. The Balaban J connectivity index is 4.00. The van der Waals surface area contributed by atoms with E-state index < -0.39 is 24.3 Å². The number of carboxylic acids is 1. The van der Waals surface area contributed by atoms with Gasteiger partial charge in [0.25, 0.3) is 6.29 Å². The first-order chi connectivity index (χ1) is 51.6. The molecular formula is C96H168NO8+. The number of allylic oxidation sites excluding steroid dienone is 22. The molecule has 1 N–H and O–H groups in total. The fourth-order valence-corrected chi connectivity index (χ4v) is 12.7. The SMILES string of the molecule is CC/C=C\C/C=C\C/C=C\C/C=C\C/C=C\C/C=C\C/C=C\C/C=C\C/C=C\C/C=C\CCCCCCCCCCCCC(=O)OC(COC(=O)CCCCCCCCCCCCCCCCCCCCCCCCCCCCC/C=C\CCCCCCCCCC)COC(OCC[N+](C)(C)C)C(=O)O. The van der Waals surface area contributed by atoms with Gasteiger partial charge in [0.1, 0.15) is 13.2 Å². The van der Waals surface area contributed by atoms with Gasteiger partial charge in [0.15, 0.2) is 6.10 Å². The van der Waals surface area contributed by atoms with Crippen molar-refractivity contribution in [3.05, 3.63) is 134 Å². The lowest BCUT2D eigenvalue weighted by molar-refractivity contribution is -0.870. The Hall–Kier alpha value is -4.57. The van der Waals surface area contributed by atoms with Crippen molar-refractivity contribution in [3.8, 4) is 0 Å². The first-order valence-corrected chi connectivity index (χ1v) is 44.3. The molecule has 0 saturated carbocycles. The summed E-state index contributed by atoms with van der Waals surface area (Å²) in [6.07, 6.45) is 121. The summed E-state index contributed by atoms with van der Waals surface area (Å²) in [7, 11) is 5.99. The number of esters is 2. The molecule has 0 heterocycles. The van der Waals surface area contributed by atoms with Crippen molar-refractivity contribution in [2.24, 2.45) is 0 Å². The van der Waals surface area contributed by atoms with Crippen LogP contribution in [0.1, 0.15) is 399 Å². The minimum atomic E-state index is -1.52. The smallest absolute Gasteiger partial charge is 0.361 e. The predicted molar refractivity (Wildman–Crippen MR) is 456 cm³/mol. The molecule has 0 amide bonds. The Labute approximate surface area is 650 Å². The van der Waals surface area contributed by atoms with Crippen LogP contribution in [0, 0.1) is 0 Å². The second kappa shape index (κ2) is 85.0. The van der Waals surface area contributed by atoms with Gasteiger partial charge in [-0.25, -0.2) is 4.79 Å². The molecule has 0 radical (unpaired) electrons. The standard InChI is InChI=1S/C96H167NO8/c1-6-8-10-12-14-16-18-20-22-24-26-28-30-32-34-36-38-40-42-44-46-47-49-51-53-55-57-59-61-63-65-67-69-71-73-75-77-79-81-83-85-87-94(99)105-92(91-104-96(95(100)101)102-89-88-97(3,4)5)90-103-93(98)86-84-82-80-78-76-74-72-70-68-66-64-62-60-58-56-54-52-50-48-45-43-41-39-37-35-33-31-29-27-25-23-21-19-17-15-13-11-9-7-2/h8,10,14,16,20,22,25-28,32,34,38,40,44,46,49,51,55,57,61,63,92,96H,6-7,9,11-13,15,17-19,21,23-24,29-31,33,35-37,39,41-43,45,47-48,50,52-54,56,58-60,62,64-91H2,1-5H3/p+1/b10-8-,16-14-,22-20-,27-25-,28-26-,34-32-,40-38-,46-44-,51-49-,57-55-,63-61-. The lowest BCUT2D eigenvalue weighted by atomic mass is 10.0. The van der Waals surface area contributed by atoms with E-state index in [1.807, 2.05) is 21.1 Å². The number of likely N-dealkylation sites (N-methyl/N-ethyl adjacent to an activating group) is 1. The fraction of sp³-hybridized carbons (Fsp3) is 0.740. The topological polar surface area (TPSA) is 108 Å². The molecule has 0 rings (SSSR count). The molecule has 0 aliphatic heterocycles. The van der Waals surface area contributed by atoms with Crippen LogP contribution in [0.3, 0.4) is 0 Å². The maximum absolute atomic E-state index is 13.0. The molecule has 9 heteroatoms. The van der Waals surface area contributed by atoms with Gasteiger partial charge in [-0.05, 0) is 116 Å². The molecule has 0 aliphatic carbocycles. The minimum Gasteiger partial charge on any atom is -0.477 e. The van der Waals surface area contributed by atoms with Crippen molar-refractivity contribution in [2.75, 3.05) is 47.5 Å². The monoisotopic (exact) mass is 1460 g/mol. The largest absolute Gasteiger partial charge is 0.477 e. The van der Waals surface area contributed by atoms with E-state index in [1.54, 1.807) is 0 Å². The number of carbonyl (C=O) groups excluding carboxylic acids is 2. The minimum absolute atomic E-state index is 0.183. The van der Waals surface area contributed by atoms with Crippen molar-refractivity contribution < 1.29 is 42.9 Å². The number of ether oxygens (including phenoxy) is 4. The molecule has 0 aromatic carbocycles. The highest BCUT2D eigenvalue weighted by atomic mass is 16.7. The highest BCUT2D eigenvalue weighted by Gasteiger charge is 2.25. The number of hydrogen-bond donors (Lipinski definition) is 1. The maximum Gasteiger partial charge on any atom is 0.361 e. The lowest BCUT2D eigenvalue weighted by Crippen LogP contribution is -2.40. The zero-order chi connectivity index (χ0) is 76.0. The van der Waals surface area contributed by atoms with Gasteiger partial charge in [0.05, 0.1) is 34.4 Å².